The molecule has 0 atom stereocenters. The molecule has 0 aliphatic rings. The van der Waals surface area contributed by atoms with Gasteiger partial charge in [0.1, 0.15) is 0 Å². The number of benzene rings is 2. The van der Waals surface area contributed by atoms with Gasteiger partial charge in [0.2, 0.25) is 0 Å². The van der Waals surface area contributed by atoms with Crippen LogP contribution in [0, 0.1) is 0 Å². The van der Waals surface area contributed by atoms with Gasteiger partial charge in [-0.1, -0.05) is 47.5 Å². The minimum absolute atomic E-state index is 0.495. The molecule has 106 valence electrons. The Bertz CT molecular complexity index is 747. The zero-order valence-corrected chi connectivity index (χ0v) is 12.4. The summed E-state index contributed by atoms with van der Waals surface area (Å²) in [7, 11) is 0. The number of nitrogens with two attached hydrogens (primary N) is 1. The van der Waals surface area contributed by atoms with Crippen LogP contribution >= 0.6 is 23.2 Å². The fraction of sp³-hybridized carbons (Fsp3) is 0.0714. The molecule has 0 radical (unpaired) electrons. The Hall–Kier alpha value is -1.95. The van der Waals surface area contributed by atoms with E-state index in [9.17, 15) is 0 Å². The molecule has 21 heavy (non-hydrogen) atoms. The highest BCUT2D eigenvalue weighted by molar-refractivity contribution is 6.34. The van der Waals surface area contributed by atoms with Gasteiger partial charge in [0.05, 0.1) is 5.69 Å². The number of rotatable bonds is 3. The lowest BCUT2D eigenvalue weighted by Crippen LogP contribution is -2.00. The molecule has 3 rings (SSSR count). The summed E-state index contributed by atoms with van der Waals surface area (Å²) in [5, 5.41) is 12.8. The maximum Gasteiger partial charge on any atom is 0.187 e. The summed E-state index contributed by atoms with van der Waals surface area (Å²) in [4.78, 5) is 0. The van der Waals surface area contributed by atoms with E-state index in [0.717, 1.165) is 11.1 Å². The summed E-state index contributed by atoms with van der Waals surface area (Å²) >= 11 is 12.0. The third-order valence-electron chi connectivity index (χ3n) is 3.01. The van der Waals surface area contributed by atoms with Crippen molar-refractivity contribution in [2.45, 2.75) is 6.54 Å². The molecule has 5 nitrogen and oxygen atoms in total. The Labute approximate surface area is 131 Å². The van der Waals surface area contributed by atoms with Crippen LogP contribution in [0.15, 0.2) is 42.5 Å². The molecule has 0 spiro atoms. The monoisotopic (exact) mass is 319 g/mol. The van der Waals surface area contributed by atoms with E-state index in [4.69, 9.17) is 28.9 Å². The van der Waals surface area contributed by atoms with Gasteiger partial charge in [0.25, 0.3) is 0 Å². The van der Waals surface area contributed by atoms with E-state index in [0.29, 0.717) is 28.1 Å². The first-order chi connectivity index (χ1) is 10.2. The van der Waals surface area contributed by atoms with Crippen molar-refractivity contribution in [3.8, 4) is 17.1 Å². The molecule has 0 aliphatic heterocycles. The largest absolute Gasteiger partial charge is 0.326 e. The van der Waals surface area contributed by atoms with Crippen molar-refractivity contribution in [3.63, 3.8) is 0 Å². The van der Waals surface area contributed by atoms with Crippen LogP contribution in [-0.2, 0) is 6.54 Å². The smallest absolute Gasteiger partial charge is 0.187 e. The summed E-state index contributed by atoms with van der Waals surface area (Å²) < 4.78 is 1.59. The van der Waals surface area contributed by atoms with Crippen LogP contribution in [0.5, 0.6) is 0 Å². The fourth-order valence-corrected chi connectivity index (χ4v) is 2.51. The lowest BCUT2D eigenvalue weighted by atomic mass is 10.1. The van der Waals surface area contributed by atoms with Crippen molar-refractivity contribution in [2.75, 3.05) is 0 Å². The van der Waals surface area contributed by atoms with Crippen molar-refractivity contribution in [2.24, 2.45) is 5.73 Å². The highest BCUT2D eigenvalue weighted by Crippen LogP contribution is 2.25. The predicted molar refractivity (Wildman–Crippen MR) is 82.5 cm³/mol. The number of hydrogen-bond donors (Lipinski definition) is 1. The van der Waals surface area contributed by atoms with Crippen molar-refractivity contribution in [1.82, 2.24) is 20.2 Å². The average Bonchev–Trinajstić information content (AvgIpc) is 2.96. The third kappa shape index (κ3) is 2.90. The molecule has 0 fully saturated rings. The van der Waals surface area contributed by atoms with Gasteiger partial charge in [-0.3, -0.25) is 0 Å². The Morgan fingerprint density at radius 1 is 1.00 bits per heavy atom. The first-order valence-electron chi connectivity index (χ1n) is 6.21. The maximum absolute atomic E-state index is 6.02. The summed E-state index contributed by atoms with van der Waals surface area (Å²) in [6, 6.07) is 12.9. The first kappa shape index (κ1) is 14.0. The minimum Gasteiger partial charge on any atom is -0.326 e. The normalized spacial score (nSPS) is 10.8. The summed E-state index contributed by atoms with van der Waals surface area (Å²) in [5.74, 6) is 0.608. The molecular weight excluding hydrogens is 309 g/mol. The van der Waals surface area contributed by atoms with Crippen molar-refractivity contribution in [1.29, 1.82) is 0 Å². The van der Waals surface area contributed by atoms with E-state index in [1.54, 1.807) is 22.9 Å². The zero-order valence-electron chi connectivity index (χ0n) is 10.9. The Morgan fingerprint density at radius 3 is 2.29 bits per heavy atom. The topological polar surface area (TPSA) is 69.6 Å². The first-order valence-corrected chi connectivity index (χ1v) is 6.97. The van der Waals surface area contributed by atoms with Crippen LogP contribution in [0.2, 0.25) is 10.0 Å². The molecule has 0 saturated carbocycles. The molecule has 0 unspecified atom stereocenters. The SMILES string of the molecule is NCc1ccc(-c2nnnn2-c2cc(Cl)cc(Cl)c2)cc1. The average molecular weight is 320 g/mol. The molecule has 1 aromatic heterocycles. The van der Waals surface area contributed by atoms with Crippen LogP contribution < -0.4 is 5.73 Å². The third-order valence-corrected chi connectivity index (χ3v) is 3.45. The summed E-state index contributed by atoms with van der Waals surface area (Å²) in [5.41, 5.74) is 8.23. The second-order valence-corrected chi connectivity index (χ2v) is 5.32. The second kappa shape index (κ2) is 5.81. The lowest BCUT2D eigenvalue weighted by molar-refractivity contribution is 0.791. The molecule has 0 bridgehead atoms. The number of tetrazole rings is 1. The van der Waals surface area contributed by atoms with Gasteiger partial charge >= 0.3 is 0 Å². The van der Waals surface area contributed by atoms with E-state index in [2.05, 4.69) is 15.5 Å². The maximum atomic E-state index is 6.02. The van der Waals surface area contributed by atoms with Crippen molar-refractivity contribution >= 4 is 23.2 Å². The number of hydrogen-bond acceptors (Lipinski definition) is 4. The van der Waals surface area contributed by atoms with E-state index < -0.39 is 0 Å². The lowest BCUT2D eigenvalue weighted by Gasteiger charge is -2.06. The Morgan fingerprint density at radius 2 is 1.67 bits per heavy atom. The number of halogens is 2. The van der Waals surface area contributed by atoms with Crippen LogP contribution in [0.3, 0.4) is 0 Å². The van der Waals surface area contributed by atoms with E-state index in [-0.39, 0.29) is 0 Å². The van der Waals surface area contributed by atoms with Crippen molar-refractivity contribution in [3.05, 3.63) is 58.1 Å². The van der Waals surface area contributed by atoms with Crippen LogP contribution in [0.1, 0.15) is 5.56 Å². The number of aromatic nitrogens is 4. The summed E-state index contributed by atoms with van der Waals surface area (Å²) in [6.45, 7) is 0.495. The molecule has 2 aromatic carbocycles. The Balaban J connectivity index is 2.07. The van der Waals surface area contributed by atoms with Crippen LogP contribution in [0.25, 0.3) is 17.1 Å². The van der Waals surface area contributed by atoms with Gasteiger partial charge in [-0.15, -0.1) is 5.10 Å². The van der Waals surface area contributed by atoms with Gasteiger partial charge in [-0.05, 0) is 34.2 Å². The molecule has 0 aliphatic carbocycles. The van der Waals surface area contributed by atoms with Gasteiger partial charge < -0.3 is 5.73 Å². The standard InChI is InChI=1S/C14H11Cl2N5/c15-11-5-12(16)7-13(6-11)21-14(18-19-20-21)10-3-1-9(8-17)2-4-10/h1-7H,8,17H2. The molecule has 1 heterocycles. The second-order valence-electron chi connectivity index (χ2n) is 4.44. The van der Waals surface area contributed by atoms with Gasteiger partial charge in [0.15, 0.2) is 5.82 Å². The van der Waals surface area contributed by atoms with E-state index in [1.165, 1.54) is 0 Å². The van der Waals surface area contributed by atoms with Gasteiger partial charge in [0, 0.05) is 22.2 Å². The quantitative estimate of drug-likeness (QED) is 0.805. The van der Waals surface area contributed by atoms with E-state index in [1.807, 2.05) is 24.3 Å². The molecule has 3 aromatic rings. The predicted octanol–water partition coefficient (Wildman–Crippen LogP) is 3.09. The van der Waals surface area contributed by atoms with Crippen LogP contribution in [0.4, 0.5) is 0 Å². The highest BCUT2D eigenvalue weighted by Gasteiger charge is 2.11. The van der Waals surface area contributed by atoms with Crippen molar-refractivity contribution < 1.29 is 0 Å². The molecule has 2 N–H and O–H groups in total. The zero-order chi connectivity index (χ0) is 14.8. The molecule has 0 amide bonds. The summed E-state index contributed by atoms with van der Waals surface area (Å²) in [6.07, 6.45) is 0. The fourth-order valence-electron chi connectivity index (χ4n) is 1.99. The minimum atomic E-state index is 0.495. The molecule has 0 saturated heterocycles. The van der Waals surface area contributed by atoms with Gasteiger partial charge in [-0.2, -0.15) is 4.68 Å². The van der Waals surface area contributed by atoms with Gasteiger partial charge in [-0.25, -0.2) is 0 Å². The molecule has 7 heteroatoms. The Kier molecular flexibility index (Phi) is 3.88. The number of nitrogens with zero attached hydrogens (tertiary/aromatic N) is 4. The molecular formula is C14H11Cl2N5. The van der Waals surface area contributed by atoms with Crippen LogP contribution in [-0.4, -0.2) is 20.2 Å². The highest BCUT2D eigenvalue weighted by atomic mass is 35.5. The van der Waals surface area contributed by atoms with E-state index >= 15 is 0 Å².